The molecule has 0 radical (unpaired) electrons. The molecule has 0 heterocycles. The van der Waals surface area contributed by atoms with Crippen LogP contribution in [0.25, 0.3) is 0 Å². The van der Waals surface area contributed by atoms with Gasteiger partial charge in [-0.3, -0.25) is 4.79 Å². The number of rotatable bonds is 8. The highest BCUT2D eigenvalue weighted by molar-refractivity contribution is 8.77. The lowest BCUT2D eigenvalue weighted by molar-refractivity contribution is -0.137. The molecule has 0 saturated carbocycles. The molecule has 0 unspecified atom stereocenters. The molecule has 0 amide bonds. The molecule has 5 heteroatoms. The number of carbonyl (C=O) groups is 1. The molecule has 0 aliphatic heterocycles. The van der Waals surface area contributed by atoms with E-state index in [-0.39, 0.29) is 6.42 Å². The summed E-state index contributed by atoms with van der Waals surface area (Å²) in [4.78, 5) is 10.2. The van der Waals surface area contributed by atoms with Gasteiger partial charge in [-0.25, -0.2) is 0 Å². The number of hydrogen-bond donors (Lipinski definition) is 2. The molecular weight excluding hydrogens is 230 g/mol. The molecule has 0 aromatic rings. The van der Waals surface area contributed by atoms with Crippen LogP contribution in [0.2, 0.25) is 0 Å². The number of carboxylic acid groups (broad SMARTS) is 1. The molecule has 15 heavy (non-hydrogen) atoms. The summed E-state index contributed by atoms with van der Waals surface area (Å²) >= 11 is 0. The maximum Gasteiger partial charge on any atom is 0.303 e. The average molecular weight is 251 g/mol. The third-order valence-corrected chi connectivity index (χ3v) is 4.76. The van der Waals surface area contributed by atoms with Gasteiger partial charge >= 0.3 is 5.97 Å². The van der Waals surface area contributed by atoms with Crippen molar-refractivity contribution >= 4 is 27.6 Å². The van der Waals surface area contributed by atoms with Gasteiger partial charge in [-0.05, 0) is 13.0 Å². The Morgan fingerprint density at radius 3 is 2.53 bits per heavy atom. The molecule has 0 bridgehead atoms. The van der Waals surface area contributed by atoms with Crippen molar-refractivity contribution in [1.82, 2.24) is 5.32 Å². The summed E-state index contributed by atoms with van der Waals surface area (Å²) in [5.74, 6) is 0.351. The largest absolute Gasteiger partial charge is 0.481 e. The van der Waals surface area contributed by atoms with E-state index in [1.807, 2.05) is 21.6 Å². The van der Waals surface area contributed by atoms with Crippen LogP contribution >= 0.6 is 21.6 Å². The van der Waals surface area contributed by atoms with Crippen LogP contribution in [0.1, 0.15) is 33.6 Å². The topological polar surface area (TPSA) is 49.3 Å². The first-order valence-corrected chi connectivity index (χ1v) is 7.47. The minimum atomic E-state index is -0.713. The van der Waals surface area contributed by atoms with Crippen LogP contribution in [0.5, 0.6) is 0 Å². The van der Waals surface area contributed by atoms with E-state index in [1.54, 1.807) is 0 Å². The van der Waals surface area contributed by atoms with Gasteiger partial charge in [0, 0.05) is 23.5 Å². The van der Waals surface area contributed by atoms with Crippen molar-refractivity contribution in [3.63, 3.8) is 0 Å². The second-order valence-corrected chi connectivity index (χ2v) is 7.51. The van der Waals surface area contributed by atoms with Gasteiger partial charge in [0.1, 0.15) is 0 Å². The predicted molar refractivity (Wildman–Crippen MR) is 69.5 cm³/mol. The Morgan fingerprint density at radius 1 is 1.33 bits per heavy atom. The maximum absolute atomic E-state index is 10.2. The summed E-state index contributed by atoms with van der Waals surface area (Å²) in [6, 6.07) is 0. The Balaban J connectivity index is 3.09. The van der Waals surface area contributed by atoms with Crippen molar-refractivity contribution in [2.45, 2.75) is 38.4 Å². The molecule has 0 aromatic carbocycles. The molecule has 0 saturated heterocycles. The van der Waals surface area contributed by atoms with E-state index in [2.05, 4.69) is 26.1 Å². The fourth-order valence-corrected chi connectivity index (χ4v) is 3.05. The van der Waals surface area contributed by atoms with Crippen LogP contribution in [0.15, 0.2) is 0 Å². The van der Waals surface area contributed by atoms with E-state index < -0.39 is 5.97 Å². The Hall–Kier alpha value is 0.130. The number of nitrogens with one attached hydrogen (secondary N) is 1. The highest BCUT2D eigenvalue weighted by Crippen LogP contribution is 2.34. The van der Waals surface area contributed by atoms with E-state index in [0.717, 1.165) is 18.8 Å². The van der Waals surface area contributed by atoms with Crippen molar-refractivity contribution in [2.24, 2.45) is 0 Å². The van der Waals surface area contributed by atoms with Gasteiger partial charge in [0.15, 0.2) is 0 Å². The van der Waals surface area contributed by atoms with E-state index in [4.69, 9.17) is 5.11 Å². The summed E-state index contributed by atoms with van der Waals surface area (Å²) < 4.78 is 0.313. The number of carboxylic acids is 1. The highest BCUT2D eigenvalue weighted by atomic mass is 33.1. The first kappa shape index (κ1) is 15.1. The molecule has 0 spiro atoms. The van der Waals surface area contributed by atoms with E-state index in [0.29, 0.717) is 11.2 Å². The molecule has 0 aromatic heterocycles. The van der Waals surface area contributed by atoms with Crippen molar-refractivity contribution in [3.05, 3.63) is 0 Å². The normalized spacial score (nSPS) is 11.7. The Bertz CT molecular complexity index is 181. The minimum absolute atomic E-state index is 0.261. The quantitative estimate of drug-likeness (QED) is 0.513. The zero-order valence-corrected chi connectivity index (χ0v) is 11.3. The molecule has 0 aliphatic rings. The average Bonchev–Trinajstić information content (AvgIpc) is 2.07. The summed E-state index contributed by atoms with van der Waals surface area (Å²) in [6.45, 7) is 8.35. The van der Waals surface area contributed by atoms with Gasteiger partial charge in [0.25, 0.3) is 0 Å². The van der Waals surface area contributed by atoms with Crippen molar-refractivity contribution in [2.75, 3.05) is 18.8 Å². The standard InChI is InChI=1S/C10H21NO2S2/c1-10(2,3)15-14-8-7-11-6-4-5-9(12)13/h11H,4-8H2,1-3H3,(H,12,13). The van der Waals surface area contributed by atoms with Crippen molar-refractivity contribution < 1.29 is 9.90 Å². The lowest BCUT2D eigenvalue weighted by Gasteiger charge is -2.16. The molecule has 0 atom stereocenters. The predicted octanol–water partition coefficient (Wildman–Crippen LogP) is 2.62. The number of hydrogen-bond acceptors (Lipinski definition) is 4. The lowest BCUT2D eigenvalue weighted by Crippen LogP contribution is -2.19. The maximum atomic E-state index is 10.2. The van der Waals surface area contributed by atoms with Crippen LogP contribution in [-0.2, 0) is 4.79 Å². The first-order chi connectivity index (χ1) is 6.92. The van der Waals surface area contributed by atoms with Crippen molar-refractivity contribution in [1.29, 1.82) is 0 Å². The van der Waals surface area contributed by atoms with Crippen LogP contribution in [0, 0.1) is 0 Å². The van der Waals surface area contributed by atoms with E-state index in [1.165, 1.54) is 0 Å². The second kappa shape index (κ2) is 8.30. The molecule has 90 valence electrons. The molecule has 0 fully saturated rings. The zero-order valence-electron chi connectivity index (χ0n) is 9.71. The van der Waals surface area contributed by atoms with Crippen LogP contribution in [0.4, 0.5) is 0 Å². The minimum Gasteiger partial charge on any atom is -0.481 e. The third-order valence-electron chi connectivity index (χ3n) is 1.42. The summed E-state index contributed by atoms with van der Waals surface area (Å²) in [7, 11) is 3.75. The number of aliphatic carboxylic acids is 1. The van der Waals surface area contributed by atoms with Gasteiger partial charge in [0.05, 0.1) is 0 Å². The smallest absolute Gasteiger partial charge is 0.303 e. The molecule has 3 nitrogen and oxygen atoms in total. The Morgan fingerprint density at radius 2 is 2.00 bits per heavy atom. The van der Waals surface area contributed by atoms with Gasteiger partial charge in [-0.15, -0.1) is 0 Å². The first-order valence-electron chi connectivity index (χ1n) is 5.15. The Kier molecular flexibility index (Phi) is 8.37. The summed E-state index contributed by atoms with van der Waals surface area (Å²) in [5, 5.41) is 11.6. The zero-order chi connectivity index (χ0) is 11.7. The summed E-state index contributed by atoms with van der Waals surface area (Å²) in [6.07, 6.45) is 0.975. The monoisotopic (exact) mass is 251 g/mol. The fourth-order valence-electron chi connectivity index (χ4n) is 0.822. The van der Waals surface area contributed by atoms with Crippen LogP contribution in [0.3, 0.4) is 0 Å². The highest BCUT2D eigenvalue weighted by Gasteiger charge is 2.09. The SMILES string of the molecule is CC(C)(C)SSCCNCCCC(=O)O. The van der Waals surface area contributed by atoms with E-state index >= 15 is 0 Å². The van der Waals surface area contributed by atoms with Gasteiger partial charge in [-0.1, -0.05) is 42.4 Å². The van der Waals surface area contributed by atoms with Crippen LogP contribution in [-0.4, -0.2) is 34.7 Å². The van der Waals surface area contributed by atoms with Crippen molar-refractivity contribution in [3.8, 4) is 0 Å². The molecule has 0 aliphatic carbocycles. The van der Waals surface area contributed by atoms with Crippen LogP contribution < -0.4 is 5.32 Å². The fraction of sp³-hybridized carbons (Fsp3) is 0.900. The molecule has 0 rings (SSSR count). The van der Waals surface area contributed by atoms with Gasteiger partial charge in [-0.2, -0.15) is 0 Å². The second-order valence-electron chi connectivity index (χ2n) is 4.26. The molecule has 2 N–H and O–H groups in total. The Labute approximate surface area is 100 Å². The van der Waals surface area contributed by atoms with E-state index in [9.17, 15) is 4.79 Å². The van der Waals surface area contributed by atoms with Gasteiger partial charge < -0.3 is 10.4 Å². The third kappa shape index (κ3) is 14.1. The summed E-state index contributed by atoms with van der Waals surface area (Å²) in [5.41, 5.74) is 0. The van der Waals surface area contributed by atoms with Gasteiger partial charge in [0.2, 0.25) is 0 Å². The molecular formula is C10H21NO2S2. The lowest BCUT2D eigenvalue weighted by atomic mass is 10.3.